The average molecular weight is 319 g/mol. The van der Waals surface area contributed by atoms with Gasteiger partial charge in [-0.2, -0.15) is 0 Å². The second-order valence-corrected chi connectivity index (χ2v) is 5.71. The van der Waals surface area contributed by atoms with E-state index in [1.807, 2.05) is 30.3 Å². The lowest BCUT2D eigenvalue weighted by Gasteiger charge is -2.40. The molecule has 0 aliphatic carbocycles. The normalized spacial score (nSPS) is 19.8. The van der Waals surface area contributed by atoms with Gasteiger partial charge in [0, 0.05) is 6.04 Å². The zero-order valence-corrected chi connectivity index (χ0v) is 13.8. The van der Waals surface area contributed by atoms with Gasteiger partial charge in [-0.15, -0.1) is 0 Å². The van der Waals surface area contributed by atoms with Crippen LogP contribution in [0.25, 0.3) is 0 Å². The molecule has 1 aromatic carbocycles. The number of benzene rings is 1. The average Bonchev–Trinajstić information content (AvgIpc) is 2.56. The number of ether oxygens (including phenoxy) is 2. The lowest BCUT2D eigenvalue weighted by atomic mass is 9.71. The van der Waals surface area contributed by atoms with Crippen molar-refractivity contribution in [3.05, 3.63) is 35.9 Å². The third-order valence-corrected chi connectivity index (χ3v) is 4.30. The van der Waals surface area contributed by atoms with Gasteiger partial charge in [0.15, 0.2) is 5.41 Å². The molecule has 1 saturated heterocycles. The van der Waals surface area contributed by atoms with E-state index in [0.29, 0.717) is 12.8 Å². The highest BCUT2D eigenvalue weighted by Gasteiger charge is 2.55. The largest absolute Gasteiger partial charge is 0.465 e. The summed E-state index contributed by atoms with van der Waals surface area (Å²) in [7, 11) is 0. The van der Waals surface area contributed by atoms with Crippen LogP contribution in [0.1, 0.15) is 32.3 Å². The van der Waals surface area contributed by atoms with E-state index >= 15 is 0 Å². The van der Waals surface area contributed by atoms with Gasteiger partial charge in [0.1, 0.15) is 0 Å². The molecule has 5 heteroatoms. The summed E-state index contributed by atoms with van der Waals surface area (Å²) in [6.07, 6.45) is 1.77. The molecule has 1 atom stereocenters. The van der Waals surface area contributed by atoms with Gasteiger partial charge in [-0.25, -0.2) is 0 Å². The van der Waals surface area contributed by atoms with Crippen LogP contribution in [-0.4, -0.2) is 37.7 Å². The van der Waals surface area contributed by atoms with Crippen molar-refractivity contribution in [2.24, 2.45) is 5.41 Å². The van der Waals surface area contributed by atoms with E-state index in [1.165, 1.54) is 0 Å². The third-order valence-electron chi connectivity index (χ3n) is 4.30. The number of carbonyl (C=O) groups excluding carboxylic acids is 2. The maximum Gasteiger partial charge on any atom is 0.325 e. The Morgan fingerprint density at radius 3 is 2.30 bits per heavy atom. The molecular weight excluding hydrogens is 294 g/mol. The van der Waals surface area contributed by atoms with Gasteiger partial charge in [-0.1, -0.05) is 30.3 Å². The zero-order valence-electron chi connectivity index (χ0n) is 13.8. The first-order valence-electron chi connectivity index (χ1n) is 8.27. The van der Waals surface area contributed by atoms with Crippen molar-refractivity contribution < 1.29 is 19.1 Å². The Kier molecular flexibility index (Phi) is 6.16. The summed E-state index contributed by atoms with van der Waals surface area (Å²) >= 11 is 0. The van der Waals surface area contributed by atoms with Gasteiger partial charge in [-0.05, 0) is 45.2 Å². The molecule has 1 unspecified atom stereocenters. The Morgan fingerprint density at radius 2 is 1.74 bits per heavy atom. The molecule has 0 saturated carbocycles. The molecule has 5 nitrogen and oxygen atoms in total. The van der Waals surface area contributed by atoms with Gasteiger partial charge in [0.25, 0.3) is 0 Å². The first-order chi connectivity index (χ1) is 11.1. The van der Waals surface area contributed by atoms with Crippen molar-refractivity contribution in [3.63, 3.8) is 0 Å². The van der Waals surface area contributed by atoms with Crippen LogP contribution in [0.2, 0.25) is 0 Å². The summed E-state index contributed by atoms with van der Waals surface area (Å²) < 4.78 is 10.5. The Labute approximate surface area is 137 Å². The number of rotatable bonds is 6. The van der Waals surface area contributed by atoms with Gasteiger partial charge >= 0.3 is 11.9 Å². The topological polar surface area (TPSA) is 64.6 Å². The minimum atomic E-state index is -1.26. The number of hydrogen-bond donors (Lipinski definition) is 1. The number of hydrogen-bond acceptors (Lipinski definition) is 5. The fourth-order valence-corrected chi connectivity index (χ4v) is 3.18. The first-order valence-corrected chi connectivity index (χ1v) is 8.27. The van der Waals surface area contributed by atoms with Crippen LogP contribution in [-0.2, 0) is 25.5 Å². The highest BCUT2D eigenvalue weighted by atomic mass is 16.6. The first kappa shape index (κ1) is 17.5. The molecular formula is C18H25NO4. The van der Waals surface area contributed by atoms with Crippen LogP contribution in [0.15, 0.2) is 30.3 Å². The van der Waals surface area contributed by atoms with E-state index in [2.05, 4.69) is 5.32 Å². The highest BCUT2D eigenvalue weighted by Crippen LogP contribution is 2.36. The molecule has 0 radical (unpaired) electrons. The number of carbonyl (C=O) groups is 2. The molecule has 23 heavy (non-hydrogen) atoms. The maximum atomic E-state index is 12.7. The van der Waals surface area contributed by atoms with Gasteiger partial charge < -0.3 is 14.8 Å². The standard InChI is InChI=1S/C18H25NO4/c1-3-22-16(20)18(17(21)23-4-2)11-8-12-19-15(18)13-14-9-6-5-7-10-14/h5-7,9-10,15,19H,3-4,8,11-13H2,1-2H3. The van der Waals surface area contributed by atoms with E-state index in [-0.39, 0.29) is 19.3 Å². The number of nitrogens with one attached hydrogen (secondary N) is 1. The minimum Gasteiger partial charge on any atom is -0.465 e. The number of esters is 2. The van der Waals surface area contributed by atoms with Crippen molar-refractivity contribution in [1.29, 1.82) is 0 Å². The van der Waals surface area contributed by atoms with E-state index in [4.69, 9.17) is 9.47 Å². The Bertz CT molecular complexity index is 511. The third kappa shape index (κ3) is 3.72. The Hall–Kier alpha value is -1.88. The molecule has 1 aliphatic rings. The molecule has 126 valence electrons. The smallest absolute Gasteiger partial charge is 0.325 e. The molecule has 1 fully saturated rings. The molecule has 1 N–H and O–H groups in total. The molecule has 0 amide bonds. The van der Waals surface area contributed by atoms with Gasteiger partial charge in [-0.3, -0.25) is 9.59 Å². The summed E-state index contributed by atoms with van der Waals surface area (Å²) in [5.74, 6) is -0.960. The summed E-state index contributed by atoms with van der Waals surface area (Å²) in [5.41, 5.74) is -0.190. The molecule has 0 aromatic heterocycles. The maximum absolute atomic E-state index is 12.7. The van der Waals surface area contributed by atoms with Crippen molar-refractivity contribution in [1.82, 2.24) is 5.32 Å². The Balaban J connectivity index is 2.33. The zero-order chi connectivity index (χ0) is 16.7. The summed E-state index contributed by atoms with van der Waals surface area (Å²) in [4.78, 5) is 25.3. The molecule has 0 bridgehead atoms. The molecule has 2 rings (SSSR count). The van der Waals surface area contributed by atoms with Gasteiger partial charge in [0.05, 0.1) is 13.2 Å². The second-order valence-electron chi connectivity index (χ2n) is 5.71. The Morgan fingerprint density at radius 1 is 1.13 bits per heavy atom. The van der Waals surface area contributed by atoms with Crippen molar-refractivity contribution in [2.75, 3.05) is 19.8 Å². The van der Waals surface area contributed by atoms with Crippen molar-refractivity contribution in [3.8, 4) is 0 Å². The van der Waals surface area contributed by atoms with Crippen LogP contribution in [0, 0.1) is 5.41 Å². The number of piperidine rings is 1. The molecule has 1 aliphatic heterocycles. The predicted molar refractivity (Wildman–Crippen MR) is 86.9 cm³/mol. The van der Waals surface area contributed by atoms with E-state index < -0.39 is 17.4 Å². The summed E-state index contributed by atoms with van der Waals surface area (Å²) in [6, 6.07) is 9.52. The summed E-state index contributed by atoms with van der Waals surface area (Å²) in [6.45, 7) is 4.77. The lowest BCUT2D eigenvalue weighted by Crippen LogP contribution is -2.60. The second kappa shape index (κ2) is 8.11. The van der Waals surface area contributed by atoms with Crippen LogP contribution >= 0.6 is 0 Å². The minimum absolute atomic E-state index is 0.248. The van der Waals surface area contributed by atoms with E-state index in [0.717, 1.165) is 18.5 Å². The van der Waals surface area contributed by atoms with Crippen molar-refractivity contribution >= 4 is 11.9 Å². The van der Waals surface area contributed by atoms with E-state index in [9.17, 15) is 9.59 Å². The van der Waals surface area contributed by atoms with Crippen LogP contribution in [0.4, 0.5) is 0 Å². The van der Waals surface area contributed by atoms with Crippen LogP contribution in [0.5, 0.6) is 0 Å². The molecule has 0 spiro atoms. The quantitative estimate of drug-likeness (QED) is 0.642. The lowest BCUT2D eigenvalue weighted by molar-refractivity contribution is -0.177. The molecule has 1 heterocycles. The monoisotopic (exact) mass is 319 g/mol. The van der Waals surface area contributed by atoms with Crippen molar-refractivity contribution in [2.45, 2.75) is 39.2 Å². The fraction of sp³-hybridized carbons (Fsp3) is 0.556. The van der Waals surface area contributed by atoms with E-state index in [1.54, 1.807) is 13.8 Å². The van der Waals surface area contributed by atoms with Gasteiger partial charge in [0.2, 0.25) is 0 Å². The SMILES string of the molecule is CCOC(=O)C1(C(=O)OCC)CCCNC1Cc1ccccc1. The molecule has 1 aromatic rings. The predicted octanol–water partition coefficient (Wildman–Crippen LogP) is 2.09. The highest BCUT2D eigenvalue weighted by molar-refractivity contribution is 6.01. The summed E-state index contributed by atoms with van der Waals surface area (Å²) in [5, 5.41) is 3.34. The fourth-order valence-electron chi connectivity index (χ4n) is 3.18. The van der Waals surface area contributed by atoms with Crippen LogP contribution in [0.3, 0.4) is 0 Å². The van der Waals surface area contributed by atoms with Crippen LogP contribution < -0.4 is 5.32 Å².